The molecule has 0 spiro atoms. The molecule has 4 bridgehead atoms. The summed E-state index contributed by atoms with van der Waals surface area (Å²) >= 11 is 8.05. The van der Waals surface area contributed by atoms with Crippen LogP contribution in [0.25, 0.3) is 0 Å². The molecule has 3 saturated heterocycles. The zero-order valence-corrected chi connectivity index (χ0v) is 79.1. The highest BCUT2D eigenvalue weighted by atomic mass is 35.5. The van der Waals surface area contributed by atoms with Crippen LogP contribution in [0, 0.1) is 41.4 Å². The first kappa shape index (κ1) is 105. The summed E-state index contributed by atoms with van der Waals surface area (Å²) in [5.41, 5.74) is 7.38. The van der Waals surface area contributed by atoms with Gasteiger partial charge in [-0.25, -0.2) is 9.59 Å². The van der Waals surface area contributed by atoms with Crippen LogP contribution in [0.5, 0.6) is 5.75 Å². The van der Waals surface area contributed by atoms with Crippen LogP contribution >= 0.6 is 23.4 Å². The number of hydrogen-bond acceptors (Lipinski definition) is 25. The predicted molar refractivity (Wildman–Crippen MR) is 496 cm³/mol. The maximum Gasteiger partial charge on any atom is 0.328 e. The third kappa shape index (κ3) is 30.5. The van der Waals surface area contributed by atoms with Gasteiger partial charge in [0.2, 0.25) is 47.3 Å². The fourth-order valence-electron chi connectivity index (χ4n) is 17.8. The Morgan fingerprint density at radius 2 is 1.46 bits per heavy atom. The van der Waals surface area contributed by atoms with Gasteiger partial charge in [0.1, 0.15) is 58.2 Å². The Morgan fingerprint density at radius 1 is 0.782 bits per heavy atom. The van der Waals surface area contributed by atoms with Crippen LogP contribution in [-0.2, 0) is 120 Å². The maximum absolute atomic E-state index is 14.6. The second kappa shape index (κ2) is 51.6. The Bertz CT molecular complexity index is 4760. The number of carbonyl (C=O) groups excluding carboxylic acids is 12. The number of carboxylic acid groups (broad SMARTS) is 1. The molecule has 5 heterocycles. The molecule has 724 valence electrons. The van der Waals surface area contributed by atoms with Crippen molar-refractivity contribution in [3.8, 4) is 17.6 Å². The van der Waals surface area contributed by atoms with Crippen LogP contribution in [-0.4, -0.2) is 273 Å². The van der Waals surface area contributed by atoms with Gasteiger partial charge in [-0.15, -0.1) is 11.8 Å². The minimum atomic E-state index is -1.67. The van der Waals surface area contributed by atoms with Crippen molar-refractivity contribution in [3.05, 3.63) is 142 Å². The molecule has 133 heavy (non-hydrogen) atoms. The molecule has 3 aromatic carbocycles. The molecule has 0 radical (unpaired) electrons. The predicted octanol–water partition coefficient (Wildman–Crippen LogP) is 8.42. The van der Waals surface area contributed by atoms with E-state index < -0.39 is 125 Å². The van der Waals surface area contributed by atoms with Gasteiger partial charge in [0, 0.05) is 108 Å². The molecule has 0 aromatic heterocycles. The maximum atomic E-state index is 14.6. The van der Waals surface area contributed by atoms with Gasteiger partial charge >= 0.3 is 17.9 Å². The molecule has 32 nitrogen and oxygen atoms in total. The number of carbonyl (C=O) groups is 13. The van der Waals surface area contributed by atoms with Gasteiger partial charge in [-0.1, -0.05) is 140 Å². The monoisotopic (exact) mass is 1880 g/mol. The Labute approximate surface area is 787 Å². The molecule has 1 saturated carbocycles. The Morgan fingerprint density at radius 3 is 2.15 bits per heavy atom. The number of allylic oxidation sites excluding steroid dienone is 5. The molecule has 8 amide bonds. The number of aliphatic hydroxyl groups is 1. The molecule has 5 unspecified atom stereocenters. The summed E-state index contributed by atoms with van der Waals surface area (Å²) in [5, 5.41) is 30.1. The number of nitrogens with zero attached hydrogens (tertiary/aromatic N) is 4. The second-order valence-corrected chi connectivity index (χ2v) is 37.3. The number of nitrogens with two attached hydrogens (primary N) is 1. The first-order valence-electron chi connectivity index (χ1n) is 46.3. The number of Topliss-reactive ketones (excluding diaryl/α,β-unsaturated/α-hetero) is 2. The molecule has 34 heteroatoms. The Balaban J connectivity index is 0.602. The number of aliphatic carboxylic acids is 1. The normalized spacial score (nSPS) is 24.9. The number of methoxy groups -OCH3 is 2. The fourth-order valence-corrected chi connectivity index (χ4v) is 19.2. The number of fused-ring (bicyclic) bond motifs is 7. The van der Waals surface area contributed by atoms with E-state index in [9.17, 15) is 72.5 Å². The summed E-state index contributed by atoms with van der Waals surface area (Å²) in [6.45, 7) is 9.15. The summed E-state index contributed by atoms with van der Waals surface area (Å²) in [5.74, 6) is -1.52. The molecule has 3 aromatic rings. The number of ether oxygens (including phenoxy) is 9. The number of anilines is 1. The summed E-state index contributed by atoms with van der Waals surface area (Å²) in [7, 11) is 5.88. The molecular formula is C99H131ClN8O24S. The molecule has 14 atom stereocenters. The lowest BCUT2D eigenvalue weighted by atomic mass is 9.78. The number of esters is 2. The summed E-state index contributed by atoms with van der Waals surface area (Å²) < 4.78 is 52.3. The third-order valence-corrected chi connectivity index (χ3v) is 27.6. The van der Waals surface area contributed by atoms with Crippen LogP contribution in [0.1, 0.15) is 172 Å². The number of benzene rings is 3. The van der Waals surface area contributed by atoms with Gasteiger partial charge in [-0.3, -0.25) is 57.6 Å². The highest BCUT2D eigenvalue weighted by Gasteiger charge is 2.65. The van der Waals surface area contributed by atoms with E-state index in [4.69, 9.17) is 60.0 Å². The lowest BCUT2D eigenvalue weighted by Crippen LogP contribution is -2.53. The van der Waals surface area contributed by atoms with E-state index in [0.717, 1.165) is 27.8 Å². The number of amides is 8. The van der Waals surface area contributed by atoms with Crippen molar-refractivity contribution in [2.75, 3.05) is 111 Å². The number of likely N-dealkylation sites (tertiary alicyclic amines) is 1. The zero-order chi connectivity index (χ0) is 95.9. The van der Waals surface area contributed by atoms with Gasteiger partial charge < -0.3 is 89.2 Å². The van der Waals surface area contributed by atoms with E-state index in [2.05, 4.69) is 27.8 Å². The van der Waals surface area contributed by atoms with Gasteiger partial charge in [-0.05, 0) is 132 Å². The highest BCUT2D eigenvalue weighted by molar-refractivity contribution is 8.00. The number of nitrogens with one attached hydrogen (secondary N) is 3. The van der Waals surface area contributed by atoms with E-state index in [-0.39, 0.29) is 201 Å². The van der Waals surface area contributed by atoms with Crippen molar-refractivity contribution in [3.63, 3.8) is 0 Å². The van der Waals surface area contributed by atoms with Crippen molar-refractivity contribution < 1.29 is 115 Å². The Hall–Kier alpha value is -9.99. The van der Waals surface area contributed by atoms with Crippen molar-refractivity contribution >= 4 is 106 Å². The number of likely N-dealkylation sites (N-methyl/N-ethyl adjacent to an activating group) is 1. The molecule has 4 fully saturated rings. The standard InChI is InChI=1S/C99H131ClN8O24S/c1-63-21-20-31-83(125-8)99(123)58-81(130-91(117)59-99)64(2)93-98(4,132-93)84(57-88(114)106(6)77-53-68(51-63)54-80(124-7)92(77)100)131-97(122)65(3)105(5)87(113)40-50-133-82-56-89(115)108(95(82)119)61-67-32-34-71(35-33-67)78(109)30-17-15-28-74(96(120)121)104-94(118)72(26-18-19-41-101)55-79(110)75(52-66-22-10-9-11-23-66)103-86(112)39-43-127-45-47-129-49-48-128-46-44-126-42-38-85(111)102-60-90(116)107-62-73-27-13-12-24-69(73)36-37-70-25-14-16-29-76(70)107/h9-14,16,20-25,27,29,31,53-54,64-65,67,70-72,74-76,81-84,93,123H,15,17-19,26,28,30,32-35,38-52,55-62,101H2,1-8H3,(H,102,111)(H,103,112)(H,104,118)(H,120,121)/b31-20+,63-21+/t64-,65+,67?,70?,71?,72-,74?,75?,76?,81+,82?,83-,84+,93+,98+,99-/m1/s1. The molecule has 2 aliphatic carbocycles. The first-order chi connectivity index (χ1) is 63.8. The van der Waals surface area contributed by atoms with Gasteiger partial charge in [0.25, 0.3) is 0 Å². The molecule has 7 aliphatic rings. The van der Waals surface area contributed by atoms with Crippen LogP contribution in [0.15, 0.2) is 115 Å². The minimum Gasteiger partial charge on any atom is -0.495 e. The average molecular weight is 1880 g/mol. The number of carboxylic acids is 1. The largest absolute Gasteiger partial charge is 0.495 e. The molecular weight excluding hydrogens is 1750 g/mol. The number of epoxide rings is 1. The average Bonchev–Trinajstić information content (AvgIpc) is 1.56. The Kier molecular flexibility index (Phi) is 40.8. The SMILES string of the molecule is COc1cc2cc(c1Cl)N(C)C(=O)C[C@H](OC(=O)[C@H](C)N(C)C(=O)CCSC1CC(=O)N(CC3CCC(C(=O)CCCCC(NC(=O)[C@H](CCCCN)CC(=O)C(Cc4ccccc4)NC(=O)CCOCCOCCOCCOCCC(=O)NCC(=O)N4Cc5ccccc5C#CC5C=CC=CC54)C(=O)O)CC3)C1=O)[C@]1(C)O[C@H]1[C@H](C)[C@@H]1C[C@@](O)(CC(=O)O1)[C@H](OC)/C=C/C=C(\C)C2. The van der Waals surface area contributed by atoms with Crippen molar-refractivity contribution in [2.24, 2.45) is 35.3 Å². The van der Waals surface area contributed by atoms with Crippen molar-refractivity contribution in [1.29, 1.82) is 0 Å². The van der Waals surface area contributed by atoms with E-state index in [1.807, 2.05) is 91.9 Å². The molecule has 10 rings (SSSR count). The van der Waals surface area contributed by atoms with Crippen LogP contribution in [0.4, 0.5) is 5.69 Å². The zero-order valence-electron chi connectivity index (χ0n) is 77.5. The fraction of sp³-hybridized carbons (Fsp3) is 0.586. The van der Waals surface area contributed by atoms with E-state index in [1.54, 1.807) is 43.0 Å². The number of imide groups is 1. The van der Waals surface area contributed by atoms with E-state index in [0.29, 0.717) is 82.3 Å². The smallest absolute Gasteiger partial charge is 0.328 e. The number of unbranched alkanes of at least 4 members (excludes halogenated alkanes) is 2. The summed E-state index contributed by atoms with van der Waals surface area (Å²) in [4.78, 5) is 183. The van der Waals surface area contributed by atoms with Gasteiger partial charge in [0.15, 0.2) is 5.78 Å². The van der Waals surface area contributed by atoms with Gasteiger partial charge in [-0.2, -0.15) is 0 Å². The lowest BCUT2D eigenvalue weighted by Gasteiger charge is -2.41. The number of hydrogen-bond donors (Lipinski definition) is 6. The number of thioether (sulfide) groups is 1. The quantitative estimate of drug-likeness (QED) is 0.0101. The van der Waals surface area contributed by atoms with Crippen molar-refractivity contribution in [2.45, 2.75) is 234 Å². The number of rotatable bonds is 47. The summed E-state index contributed by atoms with van der Waals surface area (Å²) in [6.07, 6.45) is 12.8. The van der Waals surface area contributed by atoms with E-state index in [1.165, 1.54) is 61.7 Å². The van der Waals surface area contributed by atoms with Gasteiger partial charge in [0.05, 0.1) is 114 Å². The van der Waals surface area contributed by atoms with E-state index >= 15 is 0 Å². The second-order valence-electron chi connectivity index (χ2n) is 35.6. The van der Waals surface area contributed by atoms with Crippen LogP contribution in [0.2, 0.25) is 5.02 Å². The van der Waals surface area contributed by atoms with Crippen LogP contribution in [0.3, 0.4) is 0 Å². The lowest BCUT2D eigenvalue weighted by molar-refractivity contribution is -0.187. The molecule has 5 aliphatic heterocycles. The highest BCUT2D eigenvalue weighted by Crippen LogP contribution is 2.50. The minimum absolute atomic E-state index is 0.0144. The third-order valence-electron chi connectivity index (χ3n) is 26.0. The van der Waals surface area contributed by atoms with Crippen LogP contribution < -0.4 is 31.3 Å². The number of halogens is 1. The summed E-state index contributed by atoms with van der Waals surface area (Å²) in [6, 6.07) is 16.5. The number of ketones is 2. The van der Waals surface area contributed by atoms with Crippen molar-refractivity contribution in [1.82, 2.24) is 30.7 Å². The molecule has 7 N–H and O–H groups in total. The topological polar surface area (TPSA) is 424 Å². The first-order valence-corrected chi connectivity index (χ1v) is 47.7.